The standard InChI is InChI=1S/C16H16BrN3O/c1-11-7-13(17)8-15(21-2)16(11)18-9-12-10-19-20-6-4-3-5-14(12)20/h3-8,10,18H,9H2,1-2H3. The number of pyridine rings is 1. The Balaban J connectivity index is 1.88. The minimum absolute atomic E-state index is 0.701. The third-order valence-electron chi connectivity index (χ3n) is 3.45. The van der Waals surface area contributed by atoms with E-state index in [9.17, 15) is 0 Å². The summed E-state index contributed by atoms with van der Waals surface area (Å²) in [6.07, 6.45) is 3.84. The number of aryl methyl sites for hydroxylation is 1. The first-order chi connectivity index (χ1) is 10.2. The molecule has 0 saturated heterocycles. The molecule has 0 atom stereocenters. The van der Waals surface area contributed by atoms with E-state index in [-0.39, 0.29) is 0 Å². The van der Waals surface area contributed by atoms with Gasteiger partial charge >= 0.3 is 0 Å². The van der Waals surface area contributed by atoms with Crippen molar-refractivity contribution in [1.29, 1.82) is 0 Å². The van der Waals surface area contributed by atoms with Crippen LogP contribution in [0.25, 0.3) is 5.52 Å². The lowest BCUT2D eigenvalue weighted by Crippen LogP contribution is -2.03. The smallest absolute Gasteiger partial charge is 0.143 e. The van der Waals surface area contributed by atoms with Gasteiger partial charge in [-0.25, -0.2) is 4.52 Å². The number of anilines is 1. The number of nitrogens with zero attached hydrogens (tertiary/aromatic N) is 2. The van der Waals surface area contributed by atoms with E-state index < -0.39 is 0 Å². The van der Waals surface area contributed by atoms with Crippen LogP contribution >= 0.6 is 15.9 Å². The molecule has 2 aromatic heterocycles. The minimum Gasteiger partial charge on any atom is -0.495 e. The molecule has 1 aromatic carbocycles. The summed E-state index contributed by atoms with van der Waals surface area (Å²) < 4.78 is 8.34. The number of aromatic nitrogens is 2. The molecule has 0 spiro atoms. The third-order valence-corrected chi connectivity index (χ3v) is 3.90. The summed E-state index contributed by atoms with van der Waals surface area (Å²) in [7, 11) is 1.68. The molecule has 3 rings (SSSR count). The predicted octanol–water partition coefficient (Wildman–Crippen LogP) is 4.03. The van der Waals surface area contributed by atoms with Crippen LogP contribution in [0, 0.1) is 6.92 Å². The lowest BCUT2D eigenvalue weighted by atomic mass is 10.1. The first-order valence-electron chi connectivity index (χ1n) is 6.68. The fraction of sp³-hybridized carbons (Fsp3) is 0.188. The van der Waals surface area contributed by atoms with Crippen LogP contribution in [0.1, 0.15) is 11.1 Å². The van der Waals surface area contributed by atoms with Gasteiger partial charge in [0.2, 0.25) is 0 Å². The van der Waals surface area contributed by atoms with E-state index in [4.69, 9.17) is 4.74 Å². The highest BCUT2D eigenvalue weighted by molar-refractivity contribution is 9.10. The lowest BCUT2D eigenvalue weighted by Gasteiger charge is -2.14. The van der Waals surface area contributed by atoms with Crippen molar-refractivity contribution in [3.05, 3.63) is 58.3 Å². The Kier molecular flexibility index (Phi) is 3.84. The van der Waals surface area contributed by atoms with Gasteiger partial charge in [0.05, 0.1) is 24.5 Å². The average molecular weight is 346 g/mol. The van der Waals surface area contributed by atoms with Gasteiger partial charge < -0.3 is 10.1 Å². The molecule has 0 aliphatic heterocycles. The average Bonchev–Trinajstić information content (AvgIpc) is 2.89. The maximum atomic E-state index is 5.45. The van der Waals surface area contributed by atoms with Gasteiger partial charge in [-0.3, -0.25) is 0 Å². The van der Waals surface area contributed by atoms with Crippen LogP contribution in [0.5, 0.6) is 5.75 Å². The van der Waals surface area contributed by atoms with E-state index in [1.54, 1.807) is 7.11 Å². The normalized spacial score (nSPS) is 10.8. The van der Waals surface area contributed by atoms with Crippen molar-refractivity contribution in [1.82, 2.24) is 9.61 Å². The van der Waals surface area contributed by atoms with Crippen molar-refractivity contribution in [2.24, 2.45) is 0 Å². The van der Waals surface area contributed by atoms with Crippen LogP contribution in [0.15, 0.2) is 47.2 Å². The largest absolute Gasteiger partial charge is 0.495 e. The molecule has 0 fully saturated rings. The predicted molar refractivity (Wildman–Crippen MR) is 87.9 cm³/mol. The summed E-state index contributed by atoms with van der Waals surface area (Å²) in [6.45, 7) is 2.76. The Hall–Kier alpha value is -2.01. The van der Waals surface area contributed by atoms with Gasteiger partial charge in [-0.05, 0) is 36.8 Å². The molecule has 1 N–H and O–H groups in total. The van der Waals surface area contributed by atoms with Gasteiger partial charge in [0.15, 0.2) is 0 Å². The van der Waals surface area contributed by atoms with E-state index in [1.165, 1.54) is 0 Å². The SMILES string of the molecule is COc1cc(Br)cc(C)c1NCc1cnn2ccccc12. The van der Waals surface area contributed by atoms with Crippen LogP contribution in [0.2, 0.25) is 0 Å². The second kappa shape index (κ2) is 5.77. The molecule has 0 bridgehead atoms. The van der Waals surface area contributed by atoms with E-state index >= 15 is 0 Å². The Morgan fingerprint density at radius 3 is 3.00 bits per heavy atom. The van der Waals surface area contributed by atoms with Gasteiger partial charge in [0.25, 0.3) is 0 Å². The number of methoxy groups -OCH3 is 1. The number of fused-ring (bicyclic) bond motifs is 1. The van der Waals surface area contributed by atoms with E-state index in [1.807, 2.05) is 35.1 Å². The summed E-state index contributed by atoms with van der Waals surface area (Å²) in [5.74, 6) is 0.832. The fourth-order valence-corrected chi connectivity index (χ4v) is 2.96. The summed E-state index contributed by atoms with van der Waals surface area (Å²) in [6, 6.07) is 10.1. The quantitative estimate of drug-likeness (QED) is 0.775. The number of hydrogen-bond acceptors (Lipinski definition) is 3. The first-order valence-corrected chi connectivity index (χ1v) is 7.47. The van der Waals surface area contributed by atoms with Crippen molar-refractivity contribution < 1.29 is 4.74 Å². The second-order valence-corrected chi connectivity index (χ2v) is 5.77. The zero-order valence-electron chi connectivity index (χ0n) is 11.9. The van der Waals surface area contributed by atoms with Gasteiger partial charge in [0, 0.05) is 22.8 Å². The van der Waals surface area contributed by atoms with Crippen molar-refractivity contribution in [2.45, 2.75) is 13.5 Å². The summed E-state index contributed by atoms with van der Waals surface area (Å²) in [5.41, 5.74) is 4.41. The molecule has 0 saturated carbocycles. The van der Waals surface area contributed by atoms with Crippen LogP contribution in [-0.2, 0) is 6.54 Å². The molecule has 0 aliphatic rings. The third kappa shape index (κ3) is 2.74. The van der Waals surface area contributed by atoms with Crippen LogP contribution in [0.3, 0.4) is 0 Å². The van der Waals surface area contributed by atoms with Gasteiger partial charge in [-0.15, -0.1) is 0 Å². The maximum absolute atomic E-state index is 5.45. The second-order valence-electron chi connectivity index (χ2n) is 4.85. The van der Waals surface area contributed by atoms with Gasteiger partial charge in [-0.1, -0.05) is 22.0 Å². The van der Waals surface area contributed by atoms with Crippen LogP contribution in [-0.4, -0.2) is 16.7 Å². The number of benzene rings is 1. The lowest BCUT2D eigenvalue weighted by molar-refractivity contribution is 0.416. The maximum Gasteiger partial charge on any atom is 0.143 e. The summed E-state index contributed by atoms with van der Waals surface area (Å²) in [4.78, 5) is 0. The summed E-state index contributed by atoms with van der Waals surface area (Å²) >= 11 is 3.49. The molecule has 0 unspecified atom stereocenters. The fourth-order valence-electron chi connectivity index (χ4n) is 2.41. The van der Waals surface area contributed by atoms with E-state index in [2.05, 4.69) is 45.4 Å². The molecule has 0 amide bonds. The van der Waals surface area contributed by atoms with Crippen molar-refractivity contribution in [3.63, 3.8) is 0 Å². The summed E-state index contributed by atoms with van der Waals surface area (Å²) in [5, 5.41) is 7.80. The van der Waals surface area contributed by atoms with E-state index in [0.717, 1.165) is 32.6 Å². The van der Waals surface area contributed by atoms with Crippen LogP contribution < -0.4 is 10.1 Å². The van der Waals surface area contributed by atoms with Crippen molar-refractivity contribution in [3.8, 4) is 5.75 Å². The van der Waals surface area contributed by atoms with Gasteiger partial charge in [0.1, 0.15) is 5.75 Å². The topological polar surface area (TPSA) is 38.6 Å². The molecule has 5 heteroatoms. The number of nitrogens with one attached hydrogen (secondary N) is 1. The molecular formula is C16H16BrN3O. The number of rotatable bonds is 4. The highest BCUT2D eigenvalue weighted by Crippen LogP contribution is 2.32. The Bertz CT molecular complexity index is 782. The Morgan fingerprint density at radius 1 is 1.33 bits per heavy atom. The molecule has 0 aliphatic carbocycles. The first kappa shape index (κ1) is 13.9. The zero-order valence-corrected chi connectivity index (χ0v) is 13.5. The Labute approximate surface area is 131 Å². The van der Waals surface area contributed by atoms with Gasteiger partial charge in [-0.2, -0.15) is 5.10 Å². The van der Waals surface area contributed by atoms with Crippen molar-refractivity contribution in [2.75, 3.05) is 12.4 Å². The molecule has 2 heterocycles. The highest BCUT2D eigenvalue weighted by Gasteiger charge is 2.09. The Morgan fingerprint density at radius 2 is 2.19 bits per heavy atom. The molecule has 21 heavy (non-hydrogen) atoms. The molecular weight excluding hydrogens is 330 g/mol. The minimum atomic E-state index is 0.701. The van der Waals surface area contributed by atoms with Crippen LogP contribution in [0.4, 0.5) is 5.69 Å². The zero-order chi connectivity index (χ0) is 14.8. The molecule has 0 radical (unpaired) electrons. The highest BCUT2D eigenvalue weighted by atomic mass is 79.9. The number of hydrogen-bond donors (Lipinski definition) is 1. The van der Waals surface area contributed by atoms with Crippen molar-refractivity contribution >= 4 is 27.1 Å². The molecule has 108 valence electrons. The monoisotopic (exact) mass is 345 g/mol. The molecule has 3 aromatic rings. The molecule has 4 nitrogen and oxygen atoms in total. The number of halogens is 1. The van der Waals surface area contributed by atoms with E-state index in [0.29, 0.717) is 6.54 Å². The number of ether oxygens (including phenoxy) is 1.